The van der Waals surface area contributed by atoms with E-state index in [1.165, 1.54) is 17.8 Å². The molecule has 1 unspecified atom stereocenters. The molecule has 4 heteroatoms. The van der Waals surface area contributed by atoms with Crippen LogP contribution in [0.3, 0.4) is 0 Å². The third-order valence-corrected chi connectivity index (χ3v) is 3.08. The number of hydrogen-bond donors (Lipinski definition) is 1. The minimum atomic E-state index is -0.563. The van der Waals surface area contributed by atoms with Crippen LogP contribution in [-0.2, 0) is 4.74 Å². The van der Waals surface area contributed by atoms with Crippen molar-refractivity contribution in [1.82, 2.24) is 0 Å². The van der Waals surface area contributed by atoms with Gasteiger partial charge in [0.25, 0.3) is 0 Å². The Kier molecular flexibility index (Phi) is 5.80. The van der Waals surface area contributed by atoms with Gasteiger partial charge in [0.1, 0.15) is 5.82 Å². The molecular formula is C12H17FO2S. The second-order valence-corrected chi connectivity index (χ2v) is 4.84. The lowest BCUT2D eigenvalue weighted by Gasteiger charge is -2.13. The molecule has 0 saturated carbocycles. The molecule has 0 aliphatic carbocycles. The Morgan fingerprint density at radius 1 is 1.38 bits per heavy atom. The molecule has 1 atom stereocenters. The Morgan fingerprint density at radius 3 is 2.69 bits per heavy atom. The van der Waals surface area contributed by atoms with Gasteiger partial charge in [0, 0.05) is 10.6 Å². The highest BCUT2D eigenvalue weighted by molar-refractivity contribution is 7.99. The fraction of sp³-hybridized carbons (Fsp3) is 0.500. The van der Waals surface area contributed by atoms with Gasteiger partial charge in [-0.3, -0.25) is 0 Å². The van der Waals surface area contributed by atoms with Crippen molar-refractivity contribution in [2.75, 3.05) is 12.4 Å². The Labute approximate surface area is 99.8 Å². The molecule has 16 heavy (non-hydrogen) atoms. The summed E-state index contributed by atoms with van der Waals surface area (Å²) in [5, 5.41) is 9.58. The normalized spacial score (nSPS) is 13.1. The van der Waals surface area contributed by atoms with Crippen LogP contribution in [0.4, 0.5) is 4.39 Å². The van der Waals surface area contributed by atoms with Gasteiger partial charge in [-0.25, -0.2) is 4.39 Å². The zero-order valence-electron chi connectivity index (χ0n) is 9.52. The number of hydrogen-bond acceptors (Lipinski definition) is 3. The Bertz CT molecular complexity index is 318. The first-order chi connectivity index (χ1) is 7.59. The first-order valence-electron chi connectivity index (χ1n) is 5.26. The molecule has 1 aromatic carbocycles. The van der Waals surface area contributed by atoms with Gasteiger partial charge in [0.15, 0.2) is 0 Å². The summed E-state index contributed by atoms with van der Waals surface area (Å²) in [6.45, 7) is 4.12. The van der Waals surface area contributed by atoms with E-state index in [-0.39, 0.29) is 11.9 Å². The van der Waals surface area contributed by atoms with Crippen molar-refractivity contribution in [3.05, 3.63) is 30.1 Å². The molecule has 0 spiro atoms. The van der Waals surface area contributed by atoms with Crippen LogP contribution in [-0.4, -0.2) is 29.7 Å². The zero-order valence-corrected chi connectivity index (χ0v) is 10.3. The summed E-state index contributed by atoms with van der Waals surface area (Å²) in [4.78, 5) is 0.561. The van der Waals surface area contributed by atoms with Crippen molar-refractivity contribution in [2.24, 2.45) is 0 Å². The lowest BCUT2D eigenvalue weighted by atomic mass is 10.3. The van der Waals surface area contributed by atoms with E-state index in [9.17, 15) is 9.50 Å². The fourth-order valence-corrected chi connectivity index (χ4v) is 1.95. The van der Waals surface area contributed by atoms with Crippen LogP contribution in [0.25, 0.3) is 0 Å². The fourth-order valence-electron chi connectivity index (χ4n) is 1.10. The molecule has 0 amide bonds. The zero-order chi connectivity index (χ0) is 12.0. The predicted octanol–water partition coefficient (Wildman–Crippen LogP) is 2.70. The van der Waals surface area contributed by atoms with E-state index in [1.807, 2.05) is 13.8 Å². The van der Waals surface area contributed by atoms with Gasteiger partial charge >= 0.3 is 0 Å². The number of aliphatic hydroxyl groups is 1. The van der Waals surface area contributed by atoms with Crippen LogP contribution in [0.5, 0.6) is 0 Å². The minimum absolute atomic E-state index is 0.105. The summed E-state index contributed by atoms with van der Waals surface area (Å²) >= 11 is 1.30. The molecule has 0 heterocycles. The maximum Gasteiger partial charge on any atom is 0.136 e. The van der Waals surface area contributed by atoms with Gasteiger partial charge in [-0.1, -0.05) is 12.1 Å². The molecule has 0 aliphatic heterocycles. The highest BCUT2D eigenvalue weighted by Crippen LogP contribution is 2.21. The predicted molar refractivity (Wildman–Crippen MR) is 64.2 cm³/mol. The van der Waals surface area contributed by atoms with E-state index in [4.69, 9.17) is 4.74 Å². The van der Waals surface area contributed by atoms with Crippen molar-refractivity contribution in [3.8, 4) is 0 Å². The largest absolute Gasteiger partial charge is 0.390 e. The smallest absolute Gasteiger partial charge is 0.136 e. The maximum absolute atomic E-state index is 13.2. The Hall–Kier alpha value is -0.580. The standard InChI is InChI=1S/C12H17FO2S/c1-9(2)15-7-10(14)8-16-12-6-4-3-5-11(12)13/h3-6,9-10,14H,7-8H2,1-2H3. The molecule has 1 aromatic rings. The van der Waals surface area contributed by atoms with Crippen molar-refractivity contribution in [2.45, 2.75) is 31.0 Å². The van der Waals surface area contributed by atoms with Crippen molar-refractivity contribution >= 4 is 11.8 Å². The number of rotatable bonds is 6. The number of thioether (sulfide) groups is 1. The third-order valence-electron chi connectivity index (χ3n) is 1.89. The Morgan fingerprint density at radius 2 is 2.06 bits per heavy atom. The van der Waals surface area contributed by atoms with Crippen LogP contribution < -0.4 is 0 Å². The van der Waals surface area contributed by atoms with E-state index in [0.717, 1.165) is 0 Å². The highest BCUT2D eigenvalue weighted by atomic mass is 32.2. The number of ether oxygens (including phenoxy) is 1. The van der Waals surface area contributed by atoms with E-state index in [0.29, 0.717) is 17.3 Å². The van der Waals surface area contributed by atoms with Crippen molar-refractivity contribution in [1.29, 1.82) is 0 Å². The monoisotopic (exact) mass is 244 g/mol. The molecule has 0 fully saturated rings. The SMILES string of the molecule is CC(C)OCC(O)CSc1ccccc1F. The van der Waals surface area contributed by atoms with Gasteiger partial charge in [-0.15, -0.1) is 11.8 Å². The van der Waals surface area contributed by atoms with Crippen LogP contribution in [0, 0.1) is 5.82 Å². The molecule has 1 N–H and O–H groups in total. The van der Waals surface area contributed by atoms with Gasteiger partial charge < -0.3 is 9.84 Å². The third kappa shape index (κ3) is 4.96. The first-order valence-corrected chi connectivity index (χ1v) is 6.25. The van der Waals surface area contributed by atoms with Gasteiger partial charge in [-0.05, 0) is 26.0 Å². The van der Waals surface area contributed by atoms with Crippen LogP contribution in [0.2, 0.25) is 0 Å². The lowest BCUT2D eigenvalue weighted by molar-refractivity contribution is 0.0152. The Balaban J connectivity index is 2.31. The maximum atomic E-state index is 13.2. The summed E-state index contributed by atoms with van der Waals surface area (Å²) in [7, 11) is 0. The second kappa shape index (κ2) is 6.89. The minimum Gasteiger partial charge on any atom is -0.390 e. The van der Waals surface area contributed by atoms with Crippen LogP contribution >= 0.6 is 11.8 Å². The number of aliphatic hydroxyl groups excluding tert-OH is 1. The molecule has 0 radical (unpaired) electrons. The molecule has 1 rings (SSSR count). The van der Waals surface area contributed by atoms with E-state index >= 15 is 0 Å². The summed E-state index contributed by atoms with van der Waals surface area (Å²) < 4.78 is 18.5. The van der Waals surface area contributed by atoms with Crippen molar-refractivity contribution in [3.63, 3.8) is 0 Å². The highest BCUT2D eigenvalue weighted by Gasteiger charge is 2.08. The lowest BCUT2D eigenvalue weighted by Crippen LogP contribution is -2.20. The topological polar surface area (TPSA) is 29.5 Å². The van der Waals surface area contributed by atoms with E-state index in [1.54, 1.807) is 18.2 Å². The molecule has 0 aromatic heterocycles. The van der Waals surface area contributed by atoms with E-state index in [2.05, 4.69) is 0 Å². The van der Waals surface area contributed by atoms with Crippen LogP contribution in [0.1, 0.15) is 13.8 Å². The average molecular weight is 244 g/mol. The summed E-state index contributed by atoms with van der Waals surface area (Å²) in [5.41, 5.74) is 0. The second-order valence-electron chi connectivity index (χ2n) is 3.78. The van der Waals surface area contributed by atoms with E-state index < -0.39 is 6.10 Å². The molecular weight excluding hydrogens is 227 g/mol. The quantitative estimate of drug-likeness (QED) is 0.780. The summed E-state index contributed by atoms with van der Waals surface area (Å²) in [6, 6.07) is 6.55. The molecule has 0 bridgehead atoms. The van der Waals surface area contributed by atoms with Crippen LogP contribution in [0.15, 0.2) is 29.2 Å². The first kappa shape index (κ1) is 13.5. The molecule has 90 valence electrons. The average Bonchev–Trinajstić information content (AvgIpc) is 2.25. The molecule has 0 saturated heterocycles. The number of benzene rings is 1. The van der Waals surface area contributed by atoms with Crippen molar-refractivity contribution < 1.29 is 14.2 Å². The van der Waals surface area contributed by atoms with Gasteiger partial charge in [-0.2, -0.15) is 0 Å². The number of halogens is 1. The summed E-state index contributed by atoms with van der Waals surface area (Å²) in [6.07, 6.45) is -0.458. The molecule has 0 aliphatic rings. The van der Waals surface area contributed by atoms with Gasteiger partial charge in [0.05, 0.1) is 18.8 Å². The molecule has 2 nitrogen and oxygen atoms in total. The van der Waals surface area contributed by atoms with Gasteiger partial charge in [0.2, 0.25) is 0 Å². The summed E-state index contributed by atoms with van der Waals surface area (Å²) in [5.74, 6) is 0.192.